The topological polar surface area (TPSA) is 72.9 Å². The SMILES string of the molecule is COc1ccc(C(=O)N2[C@@H](C(C)C)COc3cc(Br)ccc3S2(=O)=O)cc1. The Kier molecular flexibility index (Phi) is 5.48. The number of hydrogen-bond donors (Lipinski definition) is 0. The van der Waals surface area contributed by atoms with E-state index < -0.39 is 22.0 Å². The first-order chi connectivity index (χ1) is 12.8. The lowest BCUT2D eigenvalue weighted by molar-refractivity contribution is 0.0751. The third-order valence-corrected chi connectivity index (χ3v) is 6.80. The predicted molar refractivity (Wildman–Crippen MR) is 105 cm³/mol. The van der Waals surface area contributed by atoms with Crippen LogP contribution in [0.1, 0.15) is 24.2 Å². The average molecular weight is 454 g/mol. The fourth-order valence-electron chi connectivity index (χ4n) is 2.92. The Bertz CT molecular complexity index is 957. The third-order valence-electron chi connectivity index (χ3n) is 4.46. The van der Waals surface area contributed by atoms with Gasteiger partial charge < -0.3 is 9.47 Å². The molecule has 0 spiro atoms. The molecule has 1 aliphatic rings. The van der Waals surface area contributed by atoms with Gasteiger partial charge in [0.05, 0.1) is 13.2 Å². The summed E-state index contributed by atoms with van der Waals surface area (Å²) < 4.78 is 39.3. The summed E-state index contributed by atoms with van der Waals surface area (Å²) in [4.78, 5) is 13.2. The molecule has 0 bridgehead atoms. The summed E-state index contributed by atoms with van der Waals surface area (Å²) in [5, 5.41) is 0. The van der Waals surface area contributed by atoms with Crippen molar-refractivity contribution in [2.24, 2.45) is 5.92 Å². The van der Waals surface area contributed by atoms with E-state index in [0.717, 1.165) is 4.31 Å². The van der Waals surface area contributed by atoms with Crippen LogP contribution >= 0.6 is 15.9 Å². The van der Waals surface area contributed by atoms with Crippen molar-refractivity contribution in [3.8, 4) is 11.5 Å². The highest BCUT2D eigenvalue weighted by Crippen LogP contribution is 2.36. The Hall–Kier alpha value is -2.06. The first-order valence-electron chi connectivity index (χ1n) is 8.41. The number of amides is 1. The van der Waals surface area contributed by atoms with Gasteiger partial charge in [-0.1, -0.05) is 29.8 Å². The number of halogens is 1. The zero-order chi connectivity index (χ0) is 19.8. The summed E-state index contributed by atoms with van der Waals surface area (Å²) >= 11 is 3.32. The first kappa shape index (κ1) is 19.7. The van der Waals surface area contributed by atoms with Crippen LogP contribution in [0.3, 0.4) is 0 Å². The molecule has 2 aromatic carbocycles. The number of methoxy groups -OCH3 is 1. The lowest BCUT2D eigenvalue weighted by Crippen LogP contribution is -2.48. The van der Waals surface area contributed by atoms with Gasteiger partial charge in [0, 0.05) is 10.0 Å². The van der Waals surface area contributed by atoms with Gasteiger partial charge in [-0.25, -0.2) is 12.7 Å². The van der Waals surface area contributed by atoms with E-state index in [4.69, 9.17) is 9.47 Å². The number of ether oxygens (including phenoxy) is 2. The number of benzene rings is 2. The van der Waals surface area contributed by atoms with Crippen molar-refractivity contribution in [2.75, 3.05) is 13.7 Å². The van der Waals surface area contributed by atoms with Crippen molar-refractivity contribution in [3.05, 3.63) is 52.5 Å². The zero-order valence-electron chi connectivity index (χ0n) is 15.2. The molecule has 144 valence electrons. The Morgan fingerprint density at radius 3 is 2.48 bits per heavy atom. The molecule has 0 radical (unpaired) electrons. The Morgan fingerprint density at radius 1 is 1.22 bits per heavy atom. The maximum absolute atomic E-state index is 13.4. The lowest BCUT2D eigenvalue weighted by atomic mass is 10.0. The molecular formula is C19H20BrNO5S. The fourth-order valence-corrected chi connectivity index (χ4v) is 5.07. The van der Waals surface area contributed by atoms with Crippen molar-refractivity contribution in [1.29, 1.82) is 0 Å². The smallest absolute Gasteiger partial charge is 0.270 e. The van der Waals surface area contributed by atoms with Gasteiger partial charge in [0.1, 0.15) is 23.0 Å². The van der Waals surface area contributed by atoms with Crippen molar-refractivity contribution in [3.63, 3.8) is 0 Å². The van der Waals surface area contributed by atoms with Gasteiger partial charge in [0.25, 0.3) is 15.9 Å². The molecule has 0 aliphatic carbocycles. The summed E-state index contributed by atoms with van der Waals surface area (Å²) in [6.07, 6.45) is 0. The summed E-state index contributed by atoms with van der Waals surface area (Å²) in [6, 6.07) is 10.4. The van der Waals surface area contributed by atoms with Gasteiger partial charge in [-0.2, -0.15) is 0 Å². The van der Waals surface area contributed by atoms with E-state index in [1.807, 2.05) is 13.8 Å². The minimum atomic E-state index is -4.09. The molecule has 1 amide bonds. The van der Waals surface area contributed by atoms with E-state index in [1.54, 1.807) is 36.4 Å². The van der Waals surface area contributed by atoms with Crippen LogP contribution in [-0.2, 0) is 10.0 Å². The molecule has 27 heavy (non-hydrogen) atoms. The monoisotopic (exact) mass is 453 g/mol. The molecule has 0 unspecified atom stereocenters. The maximum Gasteiger partial charge on any atom is 0.270 e. The summed E-state index contributed by atoms with van der Waals surface area (Å²) in [7, 11) is -2.56. The number of sulfonamides is 1. The van der Waals surface area contributed by atoms with Crippen LogP contribution in [0.5, 0.6) is 11.5 Å². The summed E-state index contributed by atoms with van der Waals surface area (Å²) in [6.45, 7) is 3.82. The van der Waals surface area contributed by atoms with Crippen LogP contribution in [0.25, 0.3) is 0 Å². The molecule has 1 atom stereocenters. The number of hydrogen-bond acceptors (Lipinski definition) is 5. The van der Waals surface area contributed by atoms with E-state index in [-0.39, 0.29) is 28.7 Å². The fraction of sp³-hybridized carbons (Fsp3) is 0.316. The number of fused-ring (bicyclic) bond motifs is 1. The second-order valence-electron chi connectivity index (χ2n) is 6.55. The van der Waals surface area contributed by atoms with Crippen LogP contribution < -0.4 is 9.47 Å². The van der Waals surface area contributed by atoms with Gasteiger partial charge in [-0.3, -0.25) is 4.79 Å². The van der Waals surface area contributed by atoms with E-state index in [0.29, 0.717) is 10.2 Å². The van der Waals surface area contributed by atoms with Gasteiger partial charge in [0.15, 0.2) is 0 Å². The van der Waals surface area contributed by atoms with Gasteiger partial charge in [0.2, 0.25) is 0 Å². The minimum Gasteiger partial charge on any atom is -0.497 e. The summed E-state index contributed by atoms with van der Waals surface area (Å²) in [5.74, 6) is 0.111. The number of carbonyl (C=O) groups is 1. The molecule has 0 saturated carbocycles. The maximum atomic E-state index is 13.4. The Labute approximate surface area is 167 Å². The van der Waals surface area contributed by atoms with Crippen molar-refractivity contribution in [1.82, 2.24) is 4.31 Å². The minimum absolute atomic E-state index is 0.0179. The molecule has 2 aromatic rings. The van der Waals surface area contributed by atoms with Crippen LogP contribution in [0.2, 0.25) is 0 Å². The quantitative estimate of drug-likeness (QED) is 0.707. The summed E-state index contributed by atoms with van der Waals surface area (Å²) in [5.41, 5.74) is 0.269. The number of carbonyl (C=O) groups excluding carboxylic acids is 1. The van der Waals surface area contributed by atoms with Gasteiger partial charge in [-0.05, 0) is 48.4 Å². The van der Waals surface area contributed by atoms with Crippen molar-refractivity contribution < 1.29 is 22.7 Å². The third kappa shape index (κ3) is 3.68. The predicted octanol–water partition coefficient (Wildman–Crippen LogP) is 3.71. The van der Waals surface area contributed by atoms with E-state index in [1.165, 1.54) is 13.2 Å². The molecule has 1 heterocycles. The van der Waals surface area contributed by atoms with Crippen LogP contribution in [0, 0.1) is 5.92 Å². The first-order valence-corrected chi connectivity index (χ1v) is 10.6. The molecule has 6 nitrogen and oxygen atoms in total. The number of rotatable bonds is 3. The van der Waals surface area contributed by atoms with Crippen molar-refractivity contribution >= 4 is 31.9 Å². The molecule has 8 heteroatoms. The van der Waals surface area contributed by atoms with E-state index in [2.05, 4.69) is 15.9 Å². The largest absolute Gasteiger partial charge is 0.497 e. The molecule has 3 rings (SSSR count). The molecular weight excluding hydrogens is 434 g/mol. The molecule has 1 aliphatic heterocycles. The highest BCUT2D eigenvalue weighted by Gasteiger charge is 2.42. The molecule has 0 fully saturated rings. The standard InChI is InChI=1S/C19H20BrNO5S/c1-12(2)16-11-26-17-10-14(20)6-9-18(17)27(23,24)21(16)19(22)13-4-7-15(25-3)8-5-13/h4-10,12,16H,11H2,1-3H3/t16-/m1/s1. The highest BCUT2D eigenvalue weighted by molar-refractivity contribution is 9.10. The normalized spacial score (nSPS) is 18.4. The van der Waals surface area contributed by atoms with Gasteiger partial charge in [-0.15, -0.1) is 0 Å². The van der Waals surface area contributed by atoms with Gasteiger partial charge >= 0.3 is 0 Å². The number of nitrogens with zero attached hydrogens (tertiary/aromatic N) is 1. The van der Waals surface area contributed by atoms with E-state index in [9.17, 15) is 13.2 Å². The second kappa shape index (κ2) is 7.52. The molecule has 0 N–H and O–H groups in total. The molecule has 0 aromatic heterocycles. The lowest BCUT2D eigenvalue weighted by Gasteiger charge is -2.30. The highest BCUT2D eigenvalue weighted by atomic mass is 79.9. The van der Waals surface area contributed by atoms with Crippen molar-refractivity contribution in [2.45, 2.75) is 24.8 Å². The zero-order valence-corrected chi connectivity index (χ0v) is 17.6. The Balaban J connectivity index is 2.12. The average Bonchev–Trinajstić information content (AvgIpc) is 2.74. The van der Waals surface area contributed by atoms with Crippen LogP contribution in [0.15, 0.2) is 51.8 Å². The van der Waals surface area contributed by atoms with Crippen LogP contribution in [0.4, 0.5) is 0 Å². The second-order valence-corrected chi connectivity index (χ2v) is 9.25. The van der Waals surface area contributed by atoms with E-state index >= 15 is 0 Å². The Morgan fingerprint density at radius 2 is 1.89 bits per heavy atom. The molecule has 0 saturated heterocycles. The van der Waals surface area contributed by atoms with Crippen LogP contribution in [-0.4, -0.2) is 38.4 Å².